The maximum absolute atomic E-state index is 6.04. The molecule has 0 aromatic heterocycles. The highest BCUT2D eigenvalue weighted by molar-refractivity contribution is 4.66. The molecule has 0 saturated carbocycles. The lowest BCUT2D eigenvalue weighted by Crippen LogP contribution is -2.24. The van der Waals surface area contributed by atoms with Crippen LogP contribution in [0.3, 0.4) is 0 Å². The van der Waals surface area contributed by atoms with Crippen molar-refractivity contribution in [2.24, 2.45) is 17.6 Å². The predicted octanol–water partition coefficient (Wildman–Crippen LogP) is 2.81. The van der Waals surface area contributed by atoms with Crippen LogP contribution in [-0.2, 0) is 4.74 Å². The van der Waals surface area contributed by atoms with Crippen molar-refractivity contribution in [1.29, 1.82) is 0 Å². The van der Waals surface area contributed by atoms with E-state index in [9.17, 15) is 0 Å². The zero-order chi connectivity index (χ0) is 11.0. The molecule has 2 atom stereocenters. The number of methoxy groups -OCH3 is 1. The van der Waals surface area contributed by atoms with Crippen molar-refractivity contribution in [3.05, 3.63) is 0 Å². The van der Waals surface area contributed by atoms with Gasteiger partial charge in [0.1, 0.15) is 0 Å². The largest absolute Gasteiger partial charge is 0.384 e. The smallest absolute Gasteiger partial charge is 0.0488 e. The molecule has 0 spiro atoms. The molecule has 0 fully saturated rings. The zero-order valence-electron chi connectivity index (χ0n) is 10.3. The summed E-state index contributed by atoms with van der Waals surface area (Å²) >= 11 is 0. The molecule has 14 heavy (non-hydrogen) atoms. The lowest BCUT2D eigenvalue weighted by atomic mass is 9.97. The molecular formula is C12H27NO. The first kappa shape index (κ1) is 13.9. The van der Waals surface area contributed by atoms with Crippen LogP contribution in [0.5, 0.6) is 0 Å². The summed E-state index contributed by atoms with van der Waals surface area (Å²) in [4.78, 5) is 0. The van der Waals surface area contributed by atoms with Crippen LogP contribution in [0.25, 0.3) is 0 Å². The molecule has 0 saturated heterocycles. The number of ether oxygens (including phenoxy) is 1. The highest BCUT2D eigenvalue weighted by Crippen LogP contribution is 2.12. The Morgan fingerprint density at radius 2 is 1.79 bits per heavy atom. The van der Waals surface area contributed by atoms with E-state index in [1.165, 1.54) is 12.8 Å². The second-order valence-corrected chi connectivity index (χ2v) is 4.88. The molecule has 2 N–H and O–H groups in total. The van der Waals surface area contributed by atoms with Gasteiger partial charge >= 0.3 is 0 Å². The Balaban J connectivity index is 3.39. The second kappa shape index (κ2) is 8.25. The van der Waals surface area contributed by atoms with E-state index in [0.29, 0.717) is 12.0 Å². The van der Waals surface area contributed by atoms with E-state index < -0.39 is 0 Å². The summed E-state index contributed by atoms with van der Waals surface area (Å²) in [6.07, 6.45) is 4.81. The van der Waals surface area contributed by atoms with Gasteiger partial charge in [0.2, 0.25) is 0 Å². The van der Waals surface area contributed by atoms with E-state index >= 15 is 0 Å². The second-order valence-electron chi connectivity index (χ2n) is 4.88. The summed E-state index contributed by atoms with van der Waals surface area (Å²) in [6.45, 7) is 7.56. The van der Waals surface area contributed by atoms with Gasteiger partial charge in [0.15, 0.2) is 0 Å². The summed E-state index contributed by atoms with van der Waals surface area (Å²) in [5.41, 5.74) is 6.04. The first-order valence-electron chi connectivity index (χ1n) is 5.80. The lowest BCUT2D eigenvalue weighted by Gasteiger charge is -2.16. The van der Waals surface area contributed by atoms with Crippen LogP contribution in [0.15, 0.2) is 0 Å². The summed E-state index contributed by atoms with van der Waals surface area (Å²) in [5, 5.41) is 0. The van der Waals surface area contributed by atoms with E-state index in [1.54, 1.807) is 7.11 Å². The number of nitrogens with two attached hydrogens (primary N) is 1. The number of hydrogen-bond acceptors (Lipinski definition) is 2. The molecule has 0 aromatic rings. The first-order valence-corrected chi connectivity index (χ1v) is 5.80. The molecule has 2 heteroatoms. The standard InChI is InChI=1S/C12H27NO/c1-10(2)6-5-7-12(13)8-11(3)9-14-4/h10-12H,5-9,13H2,1-4H3. The minimum Gasteiger partial charge on any atom is -0.384 e. The number of hydrogen-bond donors (Lipinski definition) is 1. The Morgan fingerprint density at radius 3 is 2.29 bits per heavy atom. The first-order chi connectivity index (χ1) is 6.56. The Morgan fingerprint density at radius 1 is 1.14 bits per heavy atom. The van der Waals surface area contributed by atoms with Crippen LogP contribution in [0.2, 0.25) is 0 Å². The SMILES string of the molecule is COCC(C)CC(N)CCCC(C)C. The maximum Gasteiger partial charge on any atom is 0.0488 e. The molecule has 0 amide bonds. The molecule has 0 aliphatic carbocycles. The van der Waals surface area contributed by atoms with Crippen molar-refractivity contribution in [1.82, 2.24) is 0 Å². The quantitative estimate of drug-likeness (QED) is 0.655. The molecular weight excluding hydrogens is 174 g/mol. The fraction of sp³-hybridized carbons (Fsp3) is 1.00. The molecule has 0 heterocycles. The third kappa shape index (κ3) is 8.52. The molecule has 2 unspecified atom stereocenters. The van der Waals surface area contributed by atoms with Crippen molar-refractivity contribution in [3.63, 3.8) is 0 Å². The van der Waals surface area contributed by atoms with Gasteiger partial charge in [-0.05, 0) is 24.7 Å². The molecule has 86 valence electrons. The van der Waals surface area contributed by atoms with Gasteiger partial charge in [-0.2, -0.15) is 0 Å². The normalized spacial score (nSPS) is 15.9. The van der Waals surface area contributed by atoms with Gasteiger partial charge in [-0.3, -0.25) is 0 Å². The summed E-state index contributed by atoms with van der Waals surface area (Å²) < 4.78 is 5.09. The minimum atomic E-state index is 0.360. The molecule has 0 radical (unpaired) electrons. The van der Waals surface area contributed by atoms with Crippen LogP contribution in [-0.4, -0.2) is 19.8 Å². The zero-order valence-corrected chi connectivity index (χ0v) is 10.3. The fourth-order valence-corrected chi connectivity index (χ4v) is 1.78. The Labute approximate surface area is 89.2 Å². The molecule has 0 aromatic carbocycles. The Hall–Kier alpha value is -0.0800. The van der Waals surface area contributed by atoms with Crippen LogP contribution in [0, 0.1) is 11.8 Å². The van der Waals surface area contributed by atoms with Crippen LogP contribution < -0.4 is 5.73 Å². The average Bonchev–Trinajstić information content (AvgIpc) is 2.03. The van der Waals surface area contributed by atoms with Gasteiger partial charge in [-0.1, -0.05) is 33.6 Å². The van der Waals surface area contributed by atoms with Gasteiger partial charge in [0.25, 0.3) is 0 Å². The van der Waals surface area contributed by atoms with Gasteiger partial charge in [0, 0.05) is 19.8 Å². The van der Waals surface area contributed by atoms with Gasteiger partial charge in [-0.15, -0.1) is 0 Å². The average molecular weight is 201 g/mol. The van der Waals surface area contributed by atoms with Crippen molar-refractivity contribution in [3.8, 4) is 0 Å². The van der Waals surface area contributed by atoms with E-state index in [4.69, 9.17) is 10.5 Å². The van der Waals surface area contributed by atoms with Crippen molar-refractivity contribution in [2.75, 3.05) is 13.7 Å². The molecule has 2 nitrogen and oxygen atoms in total. The van der Waals surface area contributed by atoms with Gasteiger partial charge in [0.05, 0.1) is 0 Å². The van der Waals surface area contributed by atoms with Gasteiger partial charge in [-0.25, -0.2) is 0 Å². The van der Waals surface area contributed by atoms with Crippen LogP contribution in [0.1, 0.15) is 46.5 Å². The van der Waals surface area contributed by atoms with E-state index in [0.717, 1.165) is 25.4 Å². The summed E-state index contributed by atoms with van der Waals surface area (Å²) in [6, 6.07) is 0.360. The topological polar surface area (TPSA) is 35.2 Å². The van der Waals surface area contributed by atoms with Crippen molar-refractivity contribution in [2.45, 2.75) is 52.5 Å². The summed E-state index contributed by atoms with van der Waals surface area (Å²) in [5.74, 6) is 1.40. The lowest BCUT2D eigenvalue weighted by molar-refractivity contribution is 0.151. The molecule has 0 aliphatic rings. The van der Waals surface area contributed by atoms with Crippen molar-refractivity contribution < 1.29 is 4.74 Å². The molecule has 0 rings (SSSR count). The van der Waals surface area contributed by atoms with Crippen molar-refractivity contribution >= 4 is 0 Å². The monoisotopic (exact) mass is 201 g/mol. The molecule has 0 aliphatic heterocycles. The van der Waals surface area contributed by atoms with Gasteiger partial charge < -0.3 is 10.5 Å². The highest BCUT2D eigenvalue weighted by atomic mass is 16.5. The Kier molecular flexibility index (Phi) is 8.20. The maximum atomic E-state index is 6.04. The molecule has 0 bridgehead atoms. The van der Waals surface area contributed by atoms with E-state index in [2.05, 4.69) is 20.8 Å². The fourth-order valence-electron chi connectivity index (χ4n) is 1.78. The van der Waals surface area contributed by atoms with E-state index in [-0.39, 0.29) is 0 Å². The highest BCUT2D eigenvalue weighted by Gasteiger charge is 2.08. The third-order valence-corrected chi connectivity index (χ3v) is 2.51. The third-order valence-electron chi connectivity index (χ3n) is 2.51. The predicted molar refractivity (Wildman–Crippen MR) is 62.3 cm³/mol. The minimum absolute atomic E-state index is 0.360. The summed E-state index contributed by atoms with van der Waals surface area (Å²) in [7, 11) is 1.75. The van der Waals surface area contributed by atoms with Crippen LogP contribution >= 0.6 is 0 Å². The number of rotatable bonds is 8. The van der Waals surface area contributed by atoms with E-state index in [1.807, 2.05) is 0 Å². The van der Waals surface area contributed by atoms with Crippen LogP contribution in [0.4, 0.5) is 0 Å². The Bertz CT molecular complexity index is 125.